The number of nitrogens with one attached hydrogen (secondary N) is 1. The minimum absolute atomic E-state index is 0.606. The lowest BCUT2D eigenvalue weighted by atomic mass is 10.0. The Balaban J connectivity index is 2.84. The molecule has 0 saturated carbocycles. The maximum atomic E-state index is 3.16. The zero-order valence-electron chi connectivity index (χ0n) is 7.39. The van der Waals surface area contributed by atoms with E-state index in [1.165, 1.54) is 11.3 Å². The van der Waals surface area contributed by atoms with Crippen LogP contribution in [0.2, 0.25) is 0 Å². The molecule has 0 radical (unpaired) electrons. The molecule has 0 spiro atoms. The first-order chi connectivity index (χ1) is 5.20. The van der Waals surface area contributed by atoms with Crippen molar-refractivity contribution >= 4 is 0 Å². The first kappa shape index (κ1) is 8.12. The highest BCUT2D eigenvalue weighted by Crippen LogP contribution is 2.14. The van der Waals surface area contributed by atoms with Crippen molar-refractivity contribution in [2.45, 2.75) is 20.8 Å². The average molecular weight is 149 g/mol. The fraction of sp³-hybridized carbons (Fsp3) is 0.400. The Kier molecular flexibility index (Phi) is 2.53. The second kappa shape index (κ2) is 3.42. The van der Waals surface area contributed by atoms with Crippen molar-refractivity contribution in [2.24, 2.45) is 5.92 Å². The highest BCUT2D eigenvalue weighted by atomic mass is 14.8. The van der Waals surface area contributed by atoms with Gasteiger partial charge in [0.2, 0.25) is 0 Å². The normalized spacial score (nSPS) is 17.1. The van der Waals surface area contributed by atoms with Crippen LogP contribution in [0.5, 0.6) is 0 Å². The quantitative estimate of drug-likeness (QED) is 0.604. The molecule has 1 aliphatic rings. The smallest absolute Gasteiger partial charge is 0.0117 e. The van der Waals surface area contributed by atoms with Gasteiger partial charge in [0.25, 0.3) is 0 Å². The van der Waals surface area contributed by atoms with Crippen molar-refractivity contribution in [1.29, 1.82) is 0 Å². The van der Waals surface area contributed by atoms with Crippen molar-refractivity contribution in [2.75, 3.05) is 0 Å². The van der Waals surface area contributed by atoms with E-state index in [2.05, 4.69) is 38.2 Å². The van der Waals surface area contributed by atoms with E-state index in [1.54, 1.807) is 0 Å². The van der Waals surface area contributed by atoms with E-state index in [9.17, 15) is 0 Å². The third-order valence-electron chi connectivity index (χ3n) is 1.75. The molecule has 0 aliphatic carbocycles. The summed E-state index contributed by atoms with van der Waals surface area (Å²) in [6.07, 6.45) is 8.34. The number of hydrogen-bond acceptors (Lipinski definition) is 1. The van der Waals surface area contributed by atoms with Gasteiger partial charge in [-0.25, -0.2) is 0 Å². The number of hydrogen-bond donors (Lipinski definition) is 1. The molecular weight excluding hydrogens is 134 g/mol. The zero-order valence-corrected chi connectivity index (χ0v) is 7.39. The Labute approximate surface area is 68.5 Å². The summed E-state index contributed by atoms with van der Waals surface area (Å²) in [5.74, 6) is 0.606. The molecular formula is C10H15N. The first-order valence-electron chi connectivity index (χ1n) is 4.01. The fourth-order valence-electron chi connectivity index (χ4n) is 1.04. The molecule has 0 aromatic rings. The van der Waals surface area contributed by atoms with E-state index >= 15 is 0 Å². The third-order valence-corrected chi connectivity index (χ3v) is 1.75. The minimum Gasteiger partial charge on any atom is -0.365 e. The second-order valence-corrected chi connectivity index (χ2v) is 3.15. The predicted octanol–water partition coefficient (Wildman–Crippen LogP) is 2.59. The summed E-state index contributed by atoms with van der Waals surface area (Å²) in [5.41, 5.74) is 2.59. The molecule has 1 aliphatic heterocycles. The molecule has 1 nitrogen and oxygen atoms in total. The van der Waals surface area contributed by atoms with Crippen LogP contribution in [0, 0.1) is 5.92 Å². The summed E-state index contributed by atoms with van der Waals surface area (Å²) < 4.78 is 0. The van der Waals surface area contributed by atoms with Crippen LogP contribution < -0.4 is 5.32 Å². The zero-order chi connectivity index (χ0) is 8.27. The molecule has 0 bridgehead atoms. The van der Waals surface area contributed by atoms with Crippen LogP contribution in [0.4, 0.5) is 0 Å². The highest BCUT2D eigenvalue weighted by Gasteiger charge is 2.00. The Bertz CT molecular complexity index is 219. The van der Waals surface area contributed by atoms with Gasteiger partial charge in [0, 0.05) is 11.9 Å². The van der Waals surface area contributed by atoms with E-state index in [1.807, 2.05) is 12.3 Å². The number of allylic oxidation sites excluding steroid dienone is 5. The lowest BCUT2D eigenvalue weighted by Crippen LogP contribution is -2.00. The monoisotopic (exact) mass is 149 g/mol. The molecule has 1 heterocycles. The molecule has 0 atom stereocenters. The Morgan fingerprint density at radius 3 is 2.73 bits per heavy atom. The Morgan fingerprint density at radius 1 is 1.36 bits per heavy atom. The molecule has 1 rings (SSSR count). The van der Waals surface area contributed by atoms with Crippen LogP contribution in [0.15, 0.2) is 35.7 Å². The molecule has 0 aromatic carbocycles. The summed E-state index contributed by atoms with van der Waals surface area (Å²) in [7, 11) is 0. The van der Waals surface area contributed by atoms with Crippen LogP contribution in [0.3, 0.4) is 0 Å². The van der Waals surface area contributed by atoms with Crippen LogP contribution >= 0.6 is 0 Å². The molecule has 0 amide bonds. The van der Waals surface area contributed by atoms with Gasteiger partial charge < -0.3 is 5.32 Å². The molecule has 1 heteroatoms. The van der Waals surface area contributed by atoms with Crippen LogP contribution in [-0.4, -0.2) is 0 Å². The van der Waals surface area contributed by atoms with E-state index in [-0.39, 0.29) is 0 Å². The van der Waals surface area contributed by atoms with E-state index in [4.69, 9.17) is 0 Å². The fourth-order valence-corrected chi connectivity index (χ4v) is 1.04. The summed E-state index contributed by atoms with van der Waals surface area (Å²) >= 11 is 0. The molecule has 0 saturated heterocycles. The highest BCUT2D eigenvalue weighted by molar-refractivity contribution is 5.30. The molecule has 11 heavy (non-hydrogen) atoms. The van der Waals surface area contributed by atoms with E-state index in [0.29, 0.717) is 5.92 Å². The van der Waals surface area contributed by atoms with Gasteiger partial charge in [-0.2, -0.15) is 0 Å². The number of rotatable bonds is 1. The third kappa shape index (κ3) is 2.26. The second-order valence-electron chi connectivity index (χ2n) is 3.15. The summed E-state index contributed by atoms with van der Waals surface area (Å²) in [4.78, 5) is 0. The van der Waals surface area contributed by atoms with Crippen LogP contribution in [0.1, 0.15) is 20.8 Å². The molecule has 1 N–H and O–H groups in total. The Hall–Kier alpha value is -0.980. The van der Waals surface area contributed by atoms with Crippen molar-refractivity contribution in [3.8, 4) is 0 Å². The topological polar surface area (TPSA) is 12.0 Å². The molecule has 0 aromatic heterocycles. The van der Waals surface area contributed by atoms with Gasteiger partial charge in [-0.05, 0) is 30.6 Å². The predicted molar refractivity (Wildman–Crippen MR) is 49.0 cm³/mol. The SMILES string of the molecule is CC1=CC(C(C)C)=CC=CN1. The van der Waals surface area contributed by atoms with Gasteiger partial charge in [0.05, 0.1) is 0 Å². The summed E-state index contributed by atoms with van der Waals surface area (Å²) in [6, 6.07) is 0. The summed E-state index contributed by atoms with van der Waals surface area (Å²) in [6.45, 7) is 6.48. The Morgan fingerprint density at radius 2 is 2.09 bits per heavy atom. The van der Waals surface area contributed by atoms with Crippen molar-refractivity contribution < 1.29 is 0 Å². The van der Waals surface area contributed by atoms with Gasteiger partial charge in [-0.15, -0.1) is 0 Å². The lowest BCUT2D eigenvalue weighted by Gasteiger charge is -2.05. The first-order valence-corrected chi connectivity index (χ1v) is 4.01. The van der Waals surface area contributed by atoms with E-state index in [0.717, 1.165) is 0 Å². The van der Waals surface area contributed by atoms with Gasteiger partial charge in [-0.3, -0.25) is 0 Å². The van der Waals surface area contributed by atoms with Crippen molar-refractivity contribution in [3.63, 3.8) is 0 Å². The average Bonchev–Trinajstić information content (AvgIpc) is 2.13. The maximum Gasteiger partial charge on any atom is 0.0117 e. The van der Waals surface area contributed by atoms with Crippen LogP contribution in [0.25, 0.3) is 0 Å². The van der Waals surface area contributed by atoms with Gasteiger partial charge in [-0.1, -0.05) is 19.9 Å². The van der Waals surface area contributed by atoms with Crippen molar-refractivity contribution in [1.82, 2.24) is 5.32 Å². The minimum atomic E-state index is 0.606. The summed E-state index contributed by atoms with van der Waals surface area (Å²) in [5, 5.41) is 3.16. The van der Waals surface area contributed by atoms with Crippen LogP contribution in [-0.2, 0) is 0 Å². The molecule has 0 fully saturated rings. The van der Waals surface area contributed by atoms with Gasteiger partial charge >= 0.3 is 0 Å². The molecule has 60 valence electrons. The van der Waals surface area contributed by atoms with E-state index < -0.39 is 0 Å². The van der Waals surface area contributed by atoms with Gasteiger partial charge in [0.1, 0.15) is 0 Å². The van der Waals surface area contributed by atoms with Crippen molar-refractivity contribution in [3.05, 3.63) is 35.7 Å². The molecule has 0 unspecified atom stereocenters. The van der Waals surface area contributed by atoms with Gasteiger partial charge in [0.15, 0.2) is 0 Å². The standard InChI is InChI=1S/C10H15N/c1-8(2)10-5-4-6-11-9(3)7-10/h4-8,11H,1-3H3. The maximum absolute atomic E-state index is 3.16. The lowest BCUT2D eigenvalue weighted by molar-refractivity contribution is 0.789. The largest absolute Gasteiger partial charge is 0.365 e.